The Balaban J connectivity index is 1.65. The Kier molecular flexibility index (Phi) is 4.54. The third-order valence-electron chi connectivity index (χ3n) is 4.20. The fourth-order valence-electron chi connectivity index (χ4n) is 2.52. The van der Waals surface area contributed by atoms with E-state index >= 15 is 0 Å². The Labute approximate surface area is 138 Å². The van der Waals surface area contributed by atoms with E-state index in [1.165, 1.54) is 32.0 Å². The zero-order valence-electron chi connectivity index (χ0n) is 13.6. The first kappa shape index (κ1) is 16.1. The maximum atomic E-state index is 12.1. The van der Waals surface area contributed by atoms with Crippen LogP contribution in [-0.4, -0.2) is 38.8 Å². The average Bonchev–Trinajstić information content (AvgIpc) is 2.91. The molecule has 0 unspecified atom stereocenters. The van der Waals surface area contributed by atoms with Gasteiger partial charge in [0.15, 0.2) is 12.4 Å². The van der Waals surface area contributed by atoms with Crippen LogP contribution in [0.4, 0.5) is 0 Å². The number of pyridine rings is 1. The largest absolute Gasteiger partial charge is 0.465 e. The van der Waals surface area contributed by atoms with Crippen LogP contribution in [0.2, 0.25) is 0 Å². The van der Waals surface area contributed by atoms with Crippen LogP contribution in [0.1, 0.15) is 57.5 Å². The number of hydrogen-bond acceptors (Lipinski definition) is 7. The van der Waals surface area contributed by atoms with Gasteiger partial charge >= 0.3 is 11.9 Å². The molecule has 1 fully saturated rings. The van der Waals surface area contributed by atoms with E-state index in [9.17, 15) is 9.59 Å². The van der Waals surface area contributed by atoms with Crippen LogP contribution in [0.25, 0.3) is 0 Å². The summed E-state index contributed by atoms with van der Waals surface area (Å²) in [7, 11) is 3.14. The first-order chi connectivity index (χ1) is 11.6. The van der Waals surface area contributed by atoms with Gasteiger partial charge < -0.3 is 14.0 Å². The minimum atomic E-state index is -0.582. The Morgan fingerprint density at radius 3 is 2.54 bits per heavy atom. The molecule has 2 aromatic rings. The zero-order chi connectivity index (χ0) is 17.1. The van der Waals surface area contributed by atoms with Gasteiger partial charge in [0, 0.05) is 25.4 Å². The number of methoxy groups -OCH3 is 1. The standard InChI is InChI=1S/C16H18N4O4/c1-20-13(18-19-14(20)10-4-3-5-10)9-24-16(22)12-6-11(7-17-8-12)15(21)23-2/h6-8,10H,3-5,9H2,1-2H3. The predicted molar refractivity (Wildman–Crippen MR) is 82.3 cm³/mol. The third kappa shape index (κ3) is 3.12. The molecule has 0 amide bonds. The second kappa shape index (κ2) is 6.77. The molecule has 0 atom stereocenters. The lowest BCUT2D eigenvalue weighted by molar-refractivity contribution is 0.0458. The van der Waals surface area contributed by atoms with Crippen molar-refractivity contribution in [2.45, 2.75) is 31.8 Å². The van der Waals surface area contributed by atoms with Crippen molar-refractivity contribution in [2.24, 2.45) is 7.05 Å². The molecule has 0 spiro atoms. The van der Waals surface area contributed by atoms with Crippen LogP contribution >= 0.6 is 0 Å². The van der Waals surface area contributed by atoms with Crippen LogP contribution in [0.15, 0.2) is 18.5 Å². The summed E-state index contributed by atoms with van der Waals surface area (Å²) in [4.78, 5) is 27.5. The van der Waals surface area contributed by atoms with E-state index in [2.05, 4.69) is 19.9 Å². The second-order valence-electron chi connectivity index (χ2n) is 5.69. The Morgan fingerprint density at radius 2 is 1.92 bits per heavy atom. The maximum Gasteiger partial charge on any atom is 0.340 e. The molecule has 8 heteroatoms. The van der Waals surface area contributed by atoms with E-state index in [0.717, 1.165) is 18.7 Å². The highest BCUT2D eigenvalue weighted by atomic mass is 16.5. The van der Waals surface area contributed by atoms with E-state index in [1.54, 1.807) is 0 Å². The number of carbonyl (C=O) groups is 2. The molecular weight excluding hydrogens is 312 g/mol. The second-order valence-corrected chi connectivity index (χ2v) is 5.69. The van der Waals surface area contributed by atoms with Crippen LogP contribution in [-0.2, 0) is 23.1 Å². The number of hydrogen-bond donors (Lipinski definition) is 0. The van der Waals surface area contributed by atoms with Crippen LogP contribution in [0.3, 0.4) is 0 Å². The van der Waals surface area contributed by atoms with Gasteiger partial charge in [-0.15, -0.1) is 10.2 Å². The lowest BCUT2D eigenvalue weighted by Crippen LogP contribution is -2.15. The molecule has 0 N–H and O–H groups in total. The molecule has 1 aliphatic carbocycles. The molecule has 1 aliphatic rings. The quantitative estimate of drug-likeness (QED) is 0.769. The molecule has 0 saturated heterocycles. The molecule has 2 aromatic heterocycles. The lowest BCUT2D eigenvalue weighted by atomic mass is 9.85. The van der Waals surface area contributed by atoms with Crippen molar-refractivity contribution in [3.63, 3.8) is 0 Å². The summed E-state index contributed by atoms with van der Waals surface area (Å²) in [6.07, 6.45) is 6.13. The van der Waals surface area contributed by atoms with Crippen molar-refractivity contribution in [1.29, 1.82) is 0 Å². The summed E-state index contributed by atoms with van der Waals surface area (Å²) in [5.74, 6) is 0.828. The van der Waals surface area contributed by atoms with Crippen molar-refractivity contribution in [1.82, 2.24) is 19.7 Å². The Morgan fingerprint density at radius 1 is 1.21 bits per heavy atom. The smallest absolute Gasteiger partial charge is 0.340 e. The Bertz CT molecular complexity index is 767. The number of aromatic nitrogens is 4. The van der Waals surface area contributed by atoms with Gasteiger partial charge in [0.1, 0.15) is 5.82 Å². The lowest BCUT2D eigenvalue weighted by Gasteiger charge is -2.24. The summed E-state index contributed by atoms with van der Waals surface area (Å²) >= 11 is 0. The highest BCUT2D eigenvalue weighted by Crippen LogP contribution is 2.35. The average molecular weight is 330 g/mol. The van der Waals surface area contributed by atoms with Crippen LogP contribution in [0.5, 0.6) is 0 Å². The van der Waals surface area contributed by atoms with Gasteiger partial charge in [-0.05, 0) is 18.9 Å². The van der Waals surface area contributed by atoms with Gasteiger partial charge in [-0.2, -0.15) is 0 Å². The highest BCUT2D eigenvalue weighted by Gasteiger charge is 2.25. The first-order valence-corrected chi connectivity index (χ1v) is 7.68. The summed E-state index contributed by atoms with van der Waals surface area (Å²) in [5, 5.41) is 8.27. The van der Waals surface area contributed by atoms with Crippen molar-refractivity contribution in [3.05, 3.63) is 41.2 Å². The summed E-state index contributed by atoms with van der Waals surface area (Å²) in [6, 6.07) is 1.39. The highest BCUT2D eigenvalue weighted by molar-refractivity contribution is 5.94. The van der Waals surface area contributed by atoms with Crippen LogP contribution in [0, 0.1) is 0 Å². The fraction of sp³-hybridized carbons (Fsp3) is 0.438. The topological polar surface area (TPSA) is 96.2 Å². The van der Waals surface area contributed by atoms with E-state index in [-0.39, 0.29) is 17.7 Å². The third-order valence-corrected chi connectivity index (χ3v) is 4.20. The number of carbonyl (C=O) groups excluding carboxylic acids is 2. The molecule has 1 saturated carbocycles. The molecule has 0 aromatic carbocycles. The van der Waals surface area contributed by atoms with E-state index in [1.807, 2.05) is 11.6 Å². The molecule has 0 aliphatic heterocycles. The van der Waals surface area contributed by atoms with E-state index in [4.69, 9.17) is 4.74 Å². The minimum Gasteiger partial charge on any atom is -0.465 e. The van der Waals surface area contributed by atoms with Gasteiger partial charge in [-0.3, -0.25) is 4.98 Å². The predicted octanol–water partition coefficient (Wildman–Crippen LogP) is 1.62. The number of rotatable bonds is 5. The normalized spacial score (nSPS) is 14.1. The van der Waals surface area contributed by atoms with Crippen molar-refractivity contribution in [2.75, 3.05) is 7.11 Å². The van der Waals surface area contributed by atoms with Gasteiger partial charge in [0.25, 0.3) is 0 Å². The van der Waals surface area contributed by atoms with Gasteiger partial charge in [0.05, 0.1) is 18.2 Å². The number of nitrogens with zero attached hydrogens (tertiary/aromatic N) is 4. The monoisotopic (exact) mass is 330 g/mol. The molecule has 3 rings (SSSR count). The molecule has 24 heavy (non-hydrogen) atoms. The number of ether oxygens (including phenoxy) is 2. The van der Waals surface area contributed by atoms with Crippen molar-refractivity contribution < 1.29 is 19.1 Å². The SMILES string of the molecule is COC(=O)c1cncc(C(=O)OCc2nnc(C3CCC3)n2C)c1. The minimum absolute atomic E-state index is 0.0114. The zero-order valence-corrected chi connectivity index (χ0v) is 13.6. The molecule has 2 heterocycles. The van der Waals surface area contributed by atoms with Crippen molar-refractivity contribution >= 4 is 11.9 Å². The van der Waals surface area contributed by atoms with Gasteiger partial charge in [-0.25, -0.2) is 9.59 Å². The van der Waals surface area contributed by atoms with Gasteiger partial charge in [-0.1, -0.05) is 6.42 Å². The fourth-order valence-corrected chi connectivity index (χ4v) is 2.52. The maximum absolute atomic E-state index is 12.1. The summed E-state index contributed by atoms with van der Waals surface area (Å²) in [5.41, 5.74) is 0.372. The molecule has 0 radical (unpaired) electrons. The van der Waals surface area contributed by atoms with E-state index < -0.39 is 11.9 Å². The van der Waals surface area contributed by atoms with Gasteiger partial charge in [0.2, 0.25) is 0 Å². The molecule has 126 valence electrons. The first-order valence-electron chi connectivity index (χ1n) is 7.68. The number of esters is 2. The molecular formula is C16H18N4O4. The van der Waals surface area contributed by atoms with E-state index in [0.29, 0.717) is 11.7 Å². The Hall–Kier alpha value is -2.77. The molecule has 8 nitrogen and oxygen atoms in total. The summed E-state index contributed by atoms with van der Waals surface area (Å²) in [6.45, 7) is 0.0114. The molecule has 0 bridgehead atoms. The van der Waals surface area contributed by atoms with Crippen molar-refractivity contribution in [3.8, 4) is 0 Å². The van der Waals surface area contributed by atoms with Crippen LogP contribution < -0.4 is 0 Å². The summed E-state index contributed by atoms with van der Waals surface area (Å²) < 4.78 is 11.7.